The monoisotopic (exact) mass is 324 g/mol. The van der Waals surface area contributed by atoms with E-state index in [-0.39, 0.29) is 11.5 Å². The number of methoxy groups -OCH3 is 1. The quantitative estimate of drug-likeness (QED) is 0.712. The molecule has 0 aliphatic rings. The van der Waals surface area contributed by atoms with Crippen LogP contribution in [0.3, 0.4) is 0 Å². The summed E-state index contributed by atoms with van der Waals surface area (Å²) in [5.74, 6) is 0.463. The molecule has 0 saturated carbocycles. The fourth-order valence-electron chi connectivity index (χ4n) is 3.03. The van der Waals surface area contributed by atoms with E-state index in [0.717, 1.165) is 24.2 Å². The zero-order chi connectivity index (χ0) is 17.1. The van der Waals surface area contributed by atoms with Gasteiger partial charge in [-0.3, -0.25) is 0 Å². The zero-order valence-electron chi connectivity index (χ0n) is 13.7. The van der Waals surface area contributed by atoms with Gasteiger partial charge in [0.15, 0.2) is 0 Å². The predicted octanol–water partition coefficient (Wildman–Crippen LogP) is 4.20. The van der Waals surface area contributed by atoms with Crippen LogP contribution in [0.25, 0.3) is 11.0 Å². The molecule has 2 aromatic carbocycles. The number of nitrogens with zero attached hydrogens (tertiary/aromatic N) is 1. The molecule has 5 nitrogen and oxygen atoms in total. The topological polar surface area (TPSA) is 75.2 Å². The number of aromatic nitrogens is 2. The van der Waals surface area contributed by atoms with Crippen LogP contribution in [0.5, 0.6) is 5.75 Å². The Morgan fingerprint density at radius 1 is 1.25 bits per heavy atom. The molecule has 1 heterocycles. The third-order valence-corrected chi connectivity index (χ3v) is 4.18. The number of hydrogen-bond acceptors (Lipinski definition) is 3. The van der Waals surface area contributed by atoms with Gasteiger partial charge in [-0.1, -0.05) is 43.7 Å². The van der Waals surface area contributed by atoms with Gasteiger partial charge >= 0.3 is 5.97 Å². The maximum Gasteiger partial charge on any atom is 0.337 e. The SMILES string of the molecule is CCCC(c1ccccc1)c1nc2c(C(=O)O)ccc(OC)c2[nH]1. The molecule has 24 heavy (non-hydrogen) atoms. The third-order valence-electron chi connectivity index (χ3n) is 4.18. The van der Waals surface area contributed by atoms with E-state index in [4.69, 9.17) is 4.74 Å². The van der Waals surface area contributed by atoms with Crippen molar-refractivity contribution in [1.82, 2.24) is 9.97 Å². The first-order chi connectivity index (χ1) is 11.7. The van der Waals surface area contributed by atoms with E-state index >= 15 is 0 Å². The van der Waals surface area contributed by atoms with Gasteiger partial charge in [-0.25, -0.2) is 9.78 Å². The summed E-state index contributed by atoms with van der Waals surface area (Å²) in [6.07, 6.45) is 1.92. The zero-order valence-corrected chi connectivity index (χ0v) is 13.7. The van der Waals surface area contributed by atoms with Gasteiger partial charge in [0.25, 0.3) is 0 Å². The summed E-state index contributed by atoms with van der Waals surface area (Å²) in [5, 5.41) is 9.42. The van der Waals surface area contributed by atoms with Crippen LogP contribution in [0.4, 0.5) is 0 Å². The van der Waals surface area contributed by atoms with Crippen molar-refractivity contribution in [2.45, 2.75) is 25.7 Å². The number of carboxylic acids is 1. The van der Waals surface area contributed by atoms with E-state index in [1.54, 1.807) is 13.2 Å². The van der Waals surface area contributed by atoms with Gasteiger partial charge < -0.3 is 14.8 Å². The highest BCUT2D eigenvalue weighted by atomic mass is 16.5. The number of aromatic amines is 1. The molecular weight excluding hydrogens is 304 g/mol. The molecule has 1 aromatic heterocycles. The number of benzene rings is 2. The molecule has 1 atom stereocenters. The van der Waals surface area contributed by atoms with Crippen LogP contribution in [0.2, 0.25) is 0 Å². The van der Waals surface area contributed by atoms with Crippen LogP contribution < -0.4 is 4.74 Å². The fraction of sp³-hybridized carbons (Fsp3) is 0.263. The number of nitrogens with one attached hydrogen (secondary N) is 1. The number of carboxylic acid groups (broad SMARTS) is 1. The smallest absolute Gasteiger partial charge is 0.337 e. The normalized spacial score (nSPS) is 12.2. The van der Waals surface area contributed by atoms with Crippen molar-refractivity contribution in [3.05, 3.63) is 59.4 Å². The maximum absolute atomic E-state index is 11.5. The van der Waals surface area contributed by atoms with Crippen molar-refractivity contribution < 1.29 is 14.6 Å². The highest BCUT2D eigenvalue weighted by Crippen LogP contribution is 2.33. The lowest BCUT2D eigenvalue weighted by Gasteiger charge is -2.13. The highest BCUT2D eigenvalue weighted by molar-refractivity contribution is 6.02. The number of aromatic carboxylic acids is 1. The second-order valence-corrected chi connectivity index (χ2v) is 5.72. The number of rotatable bonds is 6. The summed E-state index contributed by atoms with van der Waals surface area (Å²) in [6, 6.07) is 13.3. The fourth-order valence-corrected chi connectivity index (χ4v) is 3.03. The third kappa shape index (κ3) is 2.85. The van der Waals surface area contributed by atoms with Crippen molar-refractivity contribution in [3.8, 4) is 5.75 Å². The molecular formula is C19H20N2O3. The Hall–Kier alpha value is -2.82. The van der Waals surface area contributed by atoms with Crippen LogP contribution in [0.1, 0.15) is 47.4 Å². The molecule has 3 rings (SSSR count). The summed E-state index contributed by atoms with van der Waals surface area (Å²) in [6.45, 7) is 2.13. The molecule has 0 amide bonds. The molecule has 1 unspecified atom stereocenters. The second kappa shape index (κ2) is 6.74. The largest absolute Gasteiger partial charge is 0.494 e. The molecule has 5 heteroatoms. The van der Waals surface area contributed by atoms with Gasteiger partial charge in [-0.2, -0.15) is 0 Å². The van der Waals surface area contributed by atoms with Crippen LogP contribution in [0, 0.1) is 0 Å². The number of fused-ring (bicyclic) bond motifs is 1. The lowest BCUT2D eigenvalue weighted by atomic mass is 9.94. The van der Waals surface area contributed by atoms with Crippen molar-refractivity contribution in [3.63, 3.8) is 0 Å². The summed E-state index contributed by atoms with van der Waals surface area (Å²) in [7, 11) is 1.57. The van der Waals surface area contributed by atoms with E-state index in [1.807, 2.05) is 18.2 Å². The standard InChI is InChI=1S/C19H20N2O3/c1-3-7-13(12-8-5-4-6-9-12)18-20-16-14(19(22)23)10-11-15(24-2)17(16)21-18/h4-6,8-11,13H,3,7H2,1-2H3,(H,20,21)(H,22,23). The van der Waals surface area contributed by atoms with Crippen molar-refractivity contribution in [1.29, 1.82) is 0 Å². The van der Waals surface area contributed by atoms with Gasteiger partial charge in [-0.15, -0.1) is 0 Å². The number of H-pyrrole nitrogens is 1. The van der Waals surface area contributed by atoms with Crippen molar-refractivity contribution in [2.75, 3.05) is 7.11 Å². The number of hydrogen-bond donors (Lipinski definition) is 2. The van der Waals surface area contributed by atoms with E-state index in [0.29, 0.717) is 16.8 Å². The van der Waals surface area contributed by atoms with Gasteiger partial charge in [0.1, 0.15) is 22.6 Å². The first-order valence-electron chi connectivity index (χ1n) is 8.00. The van der Waals surface area contributed by atoms with Crippen LogP contribution >= 0.6 is 0 Å². The molecule has 124 valence electrons. The van der Waals surface area contributed by atoms with Gasteiger partial charge in [0, 0.05) is 5.92 Å². The minimum atomic E-state index is -0.993. The molecule has 3 aromatic rings. The van der Waals surface area contributed by atoms with E-state index in [2.05, 4.69) is 29.0 Å². The molecule has 0 radical (unpaired) electrons. The Balaban J connectivity index is 2.18. The molecule has 0 fully saturated rings. The number of imidazole rings is 1. The average molecular weight is 324 g/mol. The van der Waals surface area contributed by atoms with E-state index < -0.39 is 5.97 Å². The first kappa shape index (κ1) is 16.1. The maximum atomic E-state index is 11.5. The average Bonchev–Trinajstić information content (AvgIpc) is 3.04. The van der Waals surface area contributed by atoms with Crippen molar-refractivity contribution >= 4 is 17.0 Å². The van der Waals surface area contributed by atoms with E-state index in [1.165, 1.54) is 6.07 Å². The second-order valence-electron chi connectivity index (χ2n) is 5.72. The predicted molar refractivity (Wildman–Crippen MR) is 92.8 cm³/mol. The van der Waals surface area contributed by atoms with Crippen LogP contribution in [0.15, 0.2) is 42.5 Å². The van der Waals surface area contributed by atoms with Gasteiger partial charge in [0.2, 0.25) is 0 Å². The number of ether oxygens (including phenoxy) is 1. The summed E-state index contributed by atoms with van der Waals surface area (Å²) in [4.78, 5) is 19.4. The molecule has 0 spiro atoms. The Morgan fingerprint density at radius 2 is 2.00 bits per heavy atom. The molecule has 0 aliphatic heterocycles. The van der Waals surface area contributed by atoms with Crippen LogP contribution in [-0.4, -0.2) is 28.2 Å². The van der Waals surface area contributed by atoms with Gasteiger partial charge in [-0.05, 0) is 24.1 Å². The summed E-state index contributed by atoms with van der Waals surface area (Å²) >= 11 is 0. The molecule has 2 N–H and O–H groups in total. The van der Waals surface area contributed by atoms with E-state index in [9.17, 15) is 9.90 Å². The van der Waals surface area contributed by atoms with Crippen molar-refractivity contribution in [2.24, 2.45) is 0 Å². The Bertz CT molecular complexity index is 856. The molecule has 0 aliphatic carbocycles. The Morgan fingerprint density at radius 3 is 2.62 bits per heavy atom. The minimum Gasteiger partial charge on any atom is -0.494 e. The molecule has 0 bridgehead atoms. The Kier molecular flexibility index (Phi) is 4.51. The molecule has 0 saturated heterocycles. The highest BCUT2D eigenvalue weighted by Gasteiger charge is 2.21. The lowest BCUT2D eigenvalue weighted by molar-refractivity contribution is 0.0699. The summed E-state index contributed by atoms with van der Waals surface area (Å²) in [5.41, 5.74) is 2.41. The van der Waals surface area contributed by atoms with Crippen LogP contribution in [-0.2, 0) is 0 Å². The van der Waals surface area contributed by atoms with Gasteiger partial charge in [0.05, 0.1) is 12.7 Å². The minimum absolute atomic E-state index is 0.0925. The summed E-state index contributed by atoms with van der Waals surface area (Å²) < 4.78 is 5.36. The Labute approximate surface area is 140 Å². The number of carbonyl (C=O) groups is 1. The first-order valence-corrected chi connectivity index (χ1v) is 8.00. The lowest BCUT2D eigenvalue weighted by Crippen LogP contribution is -2.03.